The molecule has 1 amide bonds. The van der Waals surface area contributed by atoms with Crippen molar-refractivity contribution in [2.75, 3.05) is 6.61 Å². The maximum Gasteiger partial charge on any atom is 0.407 e. The molecule has 1 heterocycles. The van der Waals surface area contributed by atoms with Crippen LogP contribution in [0.4, 0.5) is 4.79 Å². The van der Waals surface area contributed by atoms with E-state index in [2.05, 4.69) is 5.32 Å². The Morgan fingerprint density at radius 1 is 1.47 bits per heavy atom. The van der Waals surface area contributed by atoms with Gasteiger partial charge in [-0.05, 0) is 40.5 Å². The summed E-state index contributed by atoms with van der Waals surface area (Å²) in [6.45, 7) is 7.62. The quantitative estimate of drug-likeness (QED) is 0.772. The number of hydrogen-bond acceptors (Lipinski definition) is 4. The lowest BCUT2D eigenvalue weighted by Crippen LogP contribution is -2.46. The minimum atomic E-state index is -0.484. The number of nitrogens with one attached hydrogen (secondary N) is 1. The first kappa shape index (κ1) is 14.3. The third kappa shape index (κ3) is 5.37. The largest absolute Gasteiger partial charge is 0.444 e. The Kier molecular flexibility index (Phi) is 4.77. The van der Waals surface area contributed by atoms with E-state index in [0.29, 0.717) is 6.61 Å². The first-order valence-electron chi connectivity index (χ1n) is 6.07. The molecule has 5 nitrogen and oxygen atoms in total. The summed E-state index contributed by atoms with van der Waals surface area (Å²) < 4.78 is 10.6. The maximum absolute atomic E-state index is 11.5. The molecule has 0 bridgehead atoms. The molecule has 0 radical (unpaired) electrons. The van der Waals surface area contributed by atoms with Gasteiger partial charge in [-0.25, -0.2) is 4.79 Å². The van der Waals surface area contributed by atoms with Crippen LogP contribution in [0.25, 0.3) is 0 Å². The van der Waals surface area contributed by atoms with E-state index in [1.807, 2.05) is 20.8 Å². The number of aliphatic hydroxyl groups excluding tert-OH is 1. The van der Waals surface area contributed by atoms with E-state index in [-0.39, 0.29) is 12.1 Å². The highest BCUT2D eigenvalue weighted by molar-refractivity contribution is 5.68. The second-order valence-electron chi connectivity index (χ2n) is 5.53. The molecule has 1 fully saturated rings. The fourth-order valence-electron chi connectivity index (χ4n) is 1.74. The molecule has 0 saturated carbocycles. The zero-order valence-electron chi connectivity index (χ0n) is 11.0. The number of hydrogen-bond donors (Lipinski definition) is 2. The minimum absolute atomic E-state index is 0.0279. The van der Waals surface area contributed by atoms with Crippen LogP contribution in [0.1, 0.15) is 40.5 Å². The number of amides is 1. The van der Waals surface area contributed by atoms with Gasteiger partial charge < -0.3 is 19.9 Å². The summed E-state index contributed by atoms with van der Waals surface area (Å²) in [5.74, 6) is 0. The Morgan fingerprint density at radius 3 is 2.53 bits per heavy atom. The summed E-state index contributed by atoms with van der Waals surface area (Å²) in [6.07, 6.45) is 0.554. The molecule has 0 spiro atoms. The lowest BCUT2D eigenvalue weighted by Gasteiger charge is -2.31. The molecular formula is C12H23NO4. The Morgan fingerprint density at radius 2 is 2.12 bits per heavy atom. The van der Waals surface area contributed by atoms with Crippen LogP contribution in [0.3, 0.4) is 0 Å². The standard InChI is InChI=1S/C12H23NO4/c1-8(14)10-6-5-9(7-16-10)13-11(15)17-12(2,3)4/h8-10,14H,5-7H2,1-4H3,(H,13,15)/t8?,9-,10+/m1/s1. The molecule has 2 N–H and O–H groups in total. The Bertz CT molecular complexity index is 252. The van der Waals surface area contributed by atoms with E-state index >= 15 is 0 Å². The number of ether oxygens (including phenoxy) is 2. The van der Waals surface area contributed by atoms with Gasteiger partial charge in [0.25, 0.3) is 0 Å². The summed E-state index contributed by atoms with van der Waals surface area (Å²) in [4.78, 5) is 11.5. The highest BCUT2D eigenvalue weighted by atomic mass is 16.6. The fourth-order valence-corrected chi connectivity index (χ4v) is 1.74. The van der Waals surface area contributed by atoms with Crippen molar-refractivity contribution in [3.63, 3.8) is 0 Å². The number of aliphatic hydroxyl groups is 1. The molecular weight excluding hydrogens is 222 g/mol. The van der Waals surface area contributed by atoms with Gasteiger partial charge >= 0.3 is 6.09 Å². The van der Waals surface area contributed by atoms with Crippen LogP contribution >= 0.6 is 0 Å². The van der Waals surface area contributed by atoms with Crippen molar-refractivity contribution in [1.82, 2.24) is 5.32 Å². The van der Waals surface area contributed by atoms with Gasteiger partial charge in [0.15, 0.2) is 0 Å². The molecule has 1 saturated heterocycles. The van der Waals surface area contributed by atoms with Crippen molar-refractivity contribution in [3.05, 3.63) is 0 Å². The zero-order valence-corrected chi connectivity index (χ0v) is 11.0. The van der Waals surface area contributed by atoms with E-state index in [0.717, 1.165) is 12.8 Å². The van der Waals surface area contributed by atoms with Crippen LogP contribution in [-0.2, 0) is 9.47 Å². The molecule has 0 aromatic carbocycles. The van der Waals surface area contributed by atoms with Crippen LogP contribution in [0.5, 0.6) is 0 Å². The highest BCUT2D eigenvalue weighted by Crippen LogP contribution is 2.17. The third-order valence-corrected chi connectivity index (χ3v) is 2.57. The molecule has 0 aromatic rings. The van der Waals surface area contributed by atoms with Crippen molar-refractivity contribution < 1.29 is 19.4 Å². The summed E-state index contributed by atoms with van der Waals surface area (Å²) in [5.41, 5.74) is -0.484. The van der Waals surface area contributed by atoms with Crippen LogP contribution < -0.4 is 5.32 Å². The minimum Gasteiger partial charge on any atom is -0.444 e. The predicted octanol–water partition coefficient (Wildman–Crippen LogP) is 1.44. The molecule has 1 aliphatic rings. The number of carbonyl (C=O) groups is 1. The van der Waals surface area contributed by atoms with Crippen LogP contribution in [-0.4, -0.2) is 41.7 Å². The number of carbonyl (C=O) groups excluding carboxylic acids is 1. The van der Waals surface area contributed by atoms with Gasteiger partial charge in [-0.15, -0.1) is 0 Å². The van der Waals surface area contributed by atoms with Crippen molar-refractivity contribution in [3.8, 4) is 0 Å². The van der Waals surface area contributed by atoms with E-state index in [1.165, 1.54) is 0 Å². The second kappa shape index (κ2) is 5.69. The van der Waals surface area contributed by atoms with Gasteiger partial charge in [0.1, 0.15) is 5.60 Å². The first-order valence-corrected chi connectivity index (χ1v) is 6.07. The smallest absolute Gasteiger partial charge is 0.407 e. The highest BCUT2D eigenvalue weighted by Gasteiger charge is 2.27. The lowest BCUT2D eigenvalue weighted by molar-refractivity contribution is -0.0660. The molecule has 1 rings (SSSR count). The zero-order chi connectivity index (χ0) is 13.1. The first-order chi connectivity index (χ1) is 7.78. The van der Waals surface area contributed by atoms with Crippen molar-refractivity contribution in [2.45, 2.75) is 64.4 Å². The van der Waals surface area contributed by atoms with Gasteiger partial charge in [-0.2, -0.15) is 0 Å². The van der Waals surface area contributed by atoms with E-state index in [1.54, 1.807) is 6.92 Å². The van der Waals surface area contributed by atoms with Crippen LogP contribution in [0, 0.1) is 0 Å². The summed E-state index contributed by atoms with van der Waals surface area (Å²) in [6, 6.07) is -0.0279. The topological polar surface area (TPSA) is 67.8 Å². The summed E-state index contributed by atoms with van der Waals surface area (Å²) in [7, 11) is 0. The molecule has 5 heteroatoms. The van der Waals surface area contributed by atoms with Gasteiger partial charge in [0, 0.05) is 0 Å². The normalized spacial score (nSPS) is 27.4. The van der Waals surface area contributed by atoms with Gasteiger partial charge in [0.05, 0.1) is 24.9 Å². The predicted molar refractivity (Wildman–Crippen MR) is 63.8 cm³/mol. The van der Waals surface area contributed by atoms with E-state index < -0.39 is 17.8 Å². The Labute approximate surface area is 102 Å². The monoisotopic (exact) mass is 245 g/mol. The van der Waals surface area contributed by atoms with Gasteiger partial charge in [0.2, 0.25) is 0 Å². The summed E-state index contributed by atoms with van der Waals surface area (Å²) in [5, 5.41) is 12.1. The Hall–Kier alpha value is -0.810. The lowest BCUT2D eigenvalue weighted by atomic mass is 10.0. The van der Waals surface area contributed by atoms with Crippen molar-refractivity contribution in [2.24, 2.45) is 0 Å². The molecule has 0 aromatic heterocycles. The second-order valence-corrected chi connectivity index (χ2v) is 5.53. The van der Waals surface area contributed by atoms with E-state index in [4.69, 9.17) is 9.47 Å². The van der Waals surface area contributed by atoms with E-state index in [9.17, 15) is 9.90 Å². The Balaban J connectivity index is 2.29. The van der Waals surface area contributed by atoms with Gasteiger partial charge in [-0.3, -0.25) is 0 Å². The SMILES string of the molecule is CC(O)[C@@H]1CC[C@@H](NC(=O)OC(C)(C)C)CO1. The van der Waals surface area contributed by atoms with Crippen LogP contribution in [0.15, 0.2) is 0 Å². The third-order valence-electron chi connectivity index (χ3n) is 2.57. The average Bonchev–Trinajstić information content (AvgIpc) is 2.15. The van der Waals surface area contributed by atoms with Crippen molar-refractivity contribution in [1.29, 1.82) is 0 Å². The molecule has 100 valence electrons. The molecule has 17 heavy (non-hydrogen) atoms. The molecule has 0 aliphatic carbocycles. The molecule has 1 unspecified atom stereocenters. The number of rotatable bonds is 2. The number of alkyl carbamates (subject to hydrolysis) is 1. The average molecular weight is 245 g/mol. The molecule has 3 atom stereocenters. The maximum atomic E-state index is 11.5. The van der Waals surface area contributed by atoms with Gasteiger partial charge in [-0.1, -0.05) is 0 Å². The van der Waals surface area contributed by atoms with Crippen molar-refractivity contribution >= 4 is 6.09 Å². The fraction of sp³-hybridized carbons (Fsp3) is 0.917. The van der Waals surface area contributed by atoms with Crippen LogP contribution in [0.2, 0.25) is 0 Å². The summed E-state index contributed by atoms with van der Waals surface area (Å²) >= 11 is 0. The molecule has 1 aliphatic heterocycles.